The van der Waals surface area contributed by atoms with E-state index in [1.807, 2.05) is 0 Å². The van der Waals surface area contributed by atoms with Gasteiger partial charge in [-0.3, -0.25) is 18.0 Å². The molecule has 19 heavy (non-hydrogen) atoms. The van der Waals surface area contributed by atoms with E-state index in [-0.39, 0.29) is 6.42 Å². The highest BCUT2D eigenvalue weighted by atomic mass is 19.1. The summed E-state index contributed by atoms with van der Waals surface area (Å²) in [5.41, 5.74) is -0.826. The molecule has 0 amide bonds. The van der Waals surface area contributed by atoms with Crippen LogP contribution in [0.4, 0.5) is 13.2 Å². The minimum atomic E-state index is -0.942. The van der Waals surface area contributed by atoms with Gasteiger partial charge in [-0.1, -0.05) is 20.8 Å². The Morgan fingerprint density at radius 3 is 1.63 bits per heavy atom. The van der Waals surface area contributed by atoms with E-state index in [9.17, 15) is 18.0 Å². The topological polar surface area (TPSA) is 37.3 Å². The Labute approximate surface area is 113 Å². The second-order valence-electron chi connectivity index (χ2n) is 5.53. The smallest absolute Gasteiger partial charge is 0.303 e. The average molecular weight is 282 g/mol. The maximum Gasteiger partial charge on any atom is 0.303 e. The first kappa shape index (κ1) is 18.3. The van der Waals surface area contributed by atoms with Crippen LogP contribution in [0.5, 0.6) is 0 Å². The van der Waals surface area contributed by atoms with Gasteiger partial charge in [0.05, 0.1) is 20.0 Å². The van der Waals surface area contributed by atoms with E-state index in [1.54, 1.807) is 20.8 Å². The summed E-state index contributed by atoms with van der Waals surface area (Å²) in [5.74, 6) is -2.41. The summed E-state index contributed by atoms with van der Waals surface area (Å²) in [7, 11) is 0. The van der Waals surface area contributed by atoms with Gasteiger partial charge < -0.3 is 5.11 Å². The molecule has 3 atom stereocenters. The number of halogens is 3. The van der Waals surface area contributed by atoms with E-state index in [2.05, 4.69) is 0 Å². The molecule has 5 heteroatoms. The number of alkyl halides is 3. The molecule has 0 aromatic rings. The van der Waals surface area contributed by atoms with Crippen LogP contribution in [0.3, 0.4) is 0 Å². The lowest BCUT2D eigenvalue weighted by Crippen LogP contribution is -2.44. The standard InChI is InChI=1S/C14H25F3O2/c1-10(7-15)14(11(2)8-16,12(3)9-17)6-4-5-13(18)19/h10-12H,4-9H2,1-3H3,(H,18,19). The minimum Gasteiger partial charge on any atom is -0.481 e. The molecule has 0 fully saturated rings. The molecule has 0 aromatic heterocycles. The second kappa shape index (κ2) is 8.43. The number of aliphatic carboxylic acids is 1. The van der Waals surface area contributed by atoms with E-state index in [0.29, 0.717) is 12.8 Å². The lowest BCUT2D eigenvalue weighted by molar-refractivity contribution is -0.137. The van der Waals surface area contributed by atoms with Gasteiger partial charge in [-0.05, 0) is 36.0 Å². The Bertz CT molecular complexity index is 245. The van der Waals surface area contributed by atoms with Crippen molar-refractivity contribution in [3.05, 3.63) is 0 Å². The number of carboxylic acids is 1. The molecule has 2 nitrogen and oxygen atoms in total. The highest BCUT2D eigenvalue weighted by Crippen LogP contribution is 2.48. The number of rotatable bonds is 10. The number of carbonyl (C=O) groups is 1. The van der Waals surface area contributed by atoms with Gasteiger partial charge in [0, 0.05) is 6.42 Å². The van der Waals surface area contributed by atoms with Crippen molar-refractivity contribution in [2.24, 2.45) is 23.2 Å². The molecule has 114 valence electrons. The van der Waals surface area contributed by atoms with Crippen molar-refractivity contribution in [1.29, 1.82) is 0 Å². The fourth-order valence-corrected chi connectivity index (χ4v) is 3.17. The highest BCUT2D eigenvalue weighted by Gasteiger charge is 2.45. The van der Waals surface area contributed by atoms with Gasteiger partial charge in [-0.2, -0.15) is 0 Å². The lowest BCUT2D eigenvalue weighted by Gasteiger charge is -2.46. The predicted octanol–water partition coefficient (Wildman–Crippen LogP) is 4.04. The van der Waals surface area contributed by atoms with Crippen LogP contribution < -0.4 is 0 Å². The van der Waals surface area contributed by atoms with Gasteiger partial charge in [0.2, 0.25) is 0 Å². The van der Waals surface area contributed by atoms with E-state index in [4.69, 9.17) is 5.11 Å². The van der Waals surface area contributed by atoms with Crippen molar-refractivity contribution < 1.29 is 23.1 Å². The first-order chi connectivity index (χ1) is 8.86. The molecule has 0 aliphatic rings. The number of hydrogen-bond donors (Lipinski definition) is 1. The van der Waals surface area contributed by atoms with Crippen LogP contribution in [-0.4, -0.2) is 31.1 Å². The van der Waals surface area contributed by atoms with Gasteiger partial charge in [0.1, 0.15) is 0 Å². The third-order valence-electron chi connectivity index (χ3n) is 4.45. The summed E-state index contributed by atoms with van der Waals surface area (Å²) in [6.45, 7) is 3.00. The average Bonchev–Trinajstić information content (AvgIpc) is 2.40. The molecule has 0 bridgehead atoms. The van der Waals surface area contributed by atoms with Crippen LogP contribution >= 0.6 is 0 Å². The molecule has 0 saturated heterocycles. The largest absolute Gasteiger partial charge is 0.481 e. The van der Waals surface area contributed by atoms with Crippen LogP contribution in [-0.2, 0) is 4.79 Å². The molecule has 0 aliphatic heterocycles. The normalized spacial score (nSPS) is 19.5. The van der Waals surface area contributed by atoms with Crippen LogP contribution in [0.1, 0.15) is 40.0 Å². The fraction of sp³-hybridized carbons (Fsp3) is 0.929. The summed E-state index contributed by atoms with van der Waals surface area (Å²) in [4.78, 5) is 10.6. The molecular formula is C14H25F3O2. The molecule has 0 saturated carbocycles. The Morgan fingerprint density at radius 1 is 1.00 bits per heavy atom. The summed E-state index contributed by atoms with van der Waals surface area (Å²) >= 11 is 0. The van der Waals surface area contributed by atoms with Crippen molar-refractivity contribution in [2.75, 3.05) is 20.0 Å². The molecular weight excluding hydrogens is 257 g/mol. The summed E-state index contributed by atoms with van der Waals surface area (Å²) in [6.07, 6.45) is 0.591. The van der Waals surface area contributed by atoms with E-state index >= 15 is 0 Å². The van der Waals surface area contributed by atoms with E-state index in [0.717, 1.165) is 0 Å². The van der Waals surface area contributed by atoms with Crippen molar-refractivity contribution in [1.82, 2.24) is 0 Å². The van der Waals surface area contributed by atoms with Crippen LogP contribution in [0.25, 0.3) is 0 Å². The fourth-order valence-electron chi connectivity index (χ4n) is 3.17. The molecule has 0 aromatic carbocycles. The van der Waals surface area contributed by atoms with Crippen LogP contribution in [0.15, 0.2) is 0 Å². The van der Waals surface area contributed by atoms with Gasteiger partial charge in [0.15, 0.2) is 0 Å². The van der Waals surface area contributed by atoms with Crippen molar-refractivity contribution >= 4 is 5.97 Å². The molecule has 0 rings (SSSR count). The zero-order valence-corrected chi connectivity index (χ0v) is 12.0. The molecule has 0 radical (unpaired) electrons. The monoisotopic (exact) mass is 282 g/mol. The van der Waals surface area contributed by atoms with Crippen LogP contribution in [0, 0.1) is 23.2 Å². The Morgan fingerprint density at radius 2 is 1.37 bits per heavy atom. The Hall–Kier alpha value is -0.740. The van der Waals surface area contributed by atoms with E-state index < -0.39 is 49.2 Å². The zero-order chi connectivity index (χ0) is 15.1. The number of carboxylic acid groups (broad SMARTS) is 1. The zero-order valence-electron chi connectivity index (χ0n) is 12.0. The molecule has 0 aliphatic carbocycles. The van der Waals surface area contributed by atoms with Crippen molar-refractivity contribution in [3.63, 3.8) is 0 Å². The molecule has 3 unspecified atom stereocenters. The Kier molecular flexibility index (Phi) is 8.11. The first-order valence-electron chi connectivity index (χ1n) is 6.76. The molecule has 0 spiro atoms. The van der Waals surface area contributed by atoms with Crippen molar-refractivity contribution in [3.8, 4) is 0 Å². The molecule has 0 heterocycles. The summed E-state index contributed by atoms with van der Waals surface area (Å²) in [6, 6.07) is 0. The maximum atomic E-state index is 13.1. The van der Waals surface area contributed by atoms with Crippen molar-refractivity contribution in [2.45, 2.75) is 40.0 Å². The highest BCUT2D eigenvalue weighted by molar-refractivity contribution is 5.66. The lowest BCUT2D eigenvalue weighted by atomic mass is 9.59. The molecule has 1 N–H and O–H groups in total. The first-order valence-corrected chi connectivity index (χ1v) is 6.76. The maximum absolute atomic E-state index is 13.1. The van der Waals surface area contributed by atoms with Gasteiger partial charge >= 0.3 is 5.97 Å². The summed E-state index contributed by atoms with van der Waals surface area (Å²) < 4.78 is 39.3. The third-order valence-corrected chi connectivity index (χ3v) is 4.45. The van der Waals surface area contributed by atoms with E-state index in [1.165, 1.54) is 0 Å². The van der Waals surface area contributed by atoms with Gasteiger partial charge in [-0.15, -0.1) is 0 Å². The Balaban J connectivity index is 5.17. The summed E-state index contributed by atoms with van der Waals surface area (Å²) in [5, 5.41) is 8.68. The van der Waals surface area contributed by atoms with Gasteiger partial charge in [0.25, 0.3) is 0 Å². The predicted molar refractivity (Wildman–Crippen MR) is 69.3 cm³/mol. The second-order valence-corrected chi connectivity index (χ2v) is 5.53. The minimum absolute atomic E-state index is 0.0568. The number of hydrogen-bond acceptors (Lipinski definition) is 1. The van der Waals surface area contributed by atoms with Gasteiger partial charge in [-0.25, -0.2) is 0 Å². The SMILES string of the molecule is CC(CF)C(CCCC(=O)O)(C(C)CF)C(C)CF. The van der Waals surface area contributed by atoms with Crippen LogP contribution in [0.2, 0.25) is 0 Å². The quantitative estimate of drug-likeness (QED) is 0.656. The third kappa shape index (κ3) is 4.39.